The zero-order valence-electron chi connectivity index (χ0n) is 11.9. The molecular formula is C16H24BrNO. The molecule has 1 N–H and O–H groups in total. The van der Waals surface area contributed by atoms with Gasteiger partial charge >= 0.3 is 0 Å². The molecule has 0 heterocycles. The van der Waals surface area contributed by atoms with Gasteiger partial charge in [0.2, 0.25) is 5.91 Å². The van der Waals surface area contributed by atoms with Crippen LogP contribution in [0.25, 0.3) is 0 Å². The highest BCUT2D eigenvalue weighted by atomic mass is 79.9. The third-order valence-corrected chi connectivity index (χ3v) is 3.97. The van der Waals surface area contributed by atoms with E-state index in [1.165, 1.54) is 19.3 Å². The van der Waals surface area contributed by atoms with E-state index in [9.17, 15) is 4.79 Å². The molecule has 0 saturated heterocycles. The number of hydrogen-bond acceptors (Lipinski definition) is 1. The molecule has 1 amide bonds. The zero-order valence-corrected chi connectivity index (χ0v) is 13.5. The summed E-state index contributed by atoms with van der Waals surface area (Å²) in [5.74, 6) is 0.110. The molecule has 0 spiro atoms. The number of nitrogens with one attached hydrogen (secondary N) is 1. The van der Waals surface area contributed by atoms with Crippen LogP contribution >= 0.6 is 15.9 Å². The Balaban J connectivity index is 2.36. The van der Waals surface area contributed by atoms with Crippen LogP contribution in [0.3, 0.4) is 0 Å². The van der Waals surface area contributed by atoms with Crippen molar-refractivity contribution in [2.45, 2.75) is 44.9 Å². The molecule has 0 aromatic heterocycles. The highest BCUT2D eigenvalue weighted by Crippen LogP contribution is 2.22. The summed E-state index contributed by atoms with van der Waals surface area (Å²) in [5.41, 5.74) is 0.601. The van der Waals surface area contributed by atoms with Gasteiger partial charge in [-0.1, -0.05) is 59.1 Å². The average Bonchev–Trinajstić information content (AvgIpc) is 2.43. The van der Waals surface area contributed by atoms with Crippen LogP contribution in [0.15, 0.2) is 30.3 Å². The van der Waals surface area contributed by atoms with E-state index in [4.69, 9.17) is 0 Å². The summed E-state index contributed by atoms with van der Waals surface area (Å²) in [5, 5.41) is 4.12. The van der Waals surface area contributed by atoms with Gasteiger partial charge in [-0.3, -0.25) is 4.79 Å². The molecule has 0 aliphatic rings. The smallest absolute Gasteiger partial charge is 0.230 e. The van der Waals surface area contributed by atoms with Crippen molar-refractivity contribution in [3.8, 4) is 0 Å². The Hall–Kier alpha value is -0.830. The summed E-state index contributed by atoms with van der Waals surface area (Å²) in [6, 6.07) is 9.95. The molecule has 1 rings (SSSR count). The number of benzene rings is 1. The van der Waals surface area contributed by atoms with Gasteiger partial charge in [0, 0.05) is 11.9 Å². The zero-order chi connectivity index (χ0) is 14.1. The van der Waals surface area contributed by atoms with Crippen LogP contribution in [0.4, 0.5) is 0 Å². The van der Waals surface area contributed by atoms with E-state index in [1.807, 2.05) is 44.2 Å². The fourth-order valence-electron chi connectivity index (χ4n) is 1.98. The van der Waals surface area contributed by atoms with Crippen LogP contribution in [0, 0.1) is 0 Å². The minimum Gasteiger partial charge on any atom is -0.355 e. The molecule has 1 aromatic rings. The second-order valence-corrected chi connectivity index (χ2v) is 6.14. The lowest BCUT2D eigenvalue weighted by Crippen LogP contribution is -2.40. The molecule has 0 radical (unpaired) electrons. The van der Waals surface area contributed by atoms with Gasteiger partial charge in [0.1, 0.15) is 0 Å². The van der Waals surface area contributed by atoms with Gasteiger partial charge in [0.05, 0.1) is 5.41 Å². The van der Waals surface area contributed by atoms with E-state index >= 15 is 0 Å². The lowest BCUT2D eigenvalue weighted by Gasteiger charge is -2.24. The number of rotatable bonds is 8. The van der Waals surface area contributed by atoms with Crippen molar-refractivity contribution >= 4 is 21.8 Å². The van der Waals surface area contributed by atoms with E-state index in [0.717, 1.165) is 23.9 Å². The second kappa shape index (κ2) is 8.36. The molecular weight excluding hydrogens is 302 g/mol. The van der Waals surface area contributed by atoms with Gasteiger partial charge < -0.3 is 5.32 Å². The van der Waals surface area contributed by atoms with Gasteiger partial charge in [0.25, 0.3) is 0 Å². The summed E-state index contributed by atoms with van der Waals surface area (Å²) < 4.78 is 0. The van der Waals surface area contributed by atoms with Crippen molar-refractivity contribution in [3.63, 3.8) is 0 Å². The topological polar surface area (TPSA) is 29.1 Å². The summed E-state index contributed by atoms with van der Waals surface area (Å²) in [6.45, 7) is 4.72. The lowest BCUT2D eigenvalue weighted by atomic mass is 9.84. The Bertz CT molecular complexity index is 376. The highest BCUT2D eigenvalue weighted by Gasteiger charge is 2.28. The predicted molar refractivity (Wildman–Crippen MR) is 84.7 cm³/mol. The van der Waals surface area contributed by atoms with Gasteiger partial charge in [-0.25, -0.2) is 0 Å². The van der Waals surface area contributed by atoms with Crippen LogP contribution in [-0.2, 0) is 10.2 Å². The first-order valence-corrected chi connectivity index (χ1v) is 8.11. The number of carbonyl (C=O) groups excluding carboxylic acids is 1. The molecule has 0 saturated carbocycles. The van der Waals surface area contributed by atoms with Gasteiger partial charge in [-0.15, -0.1) is 0 Å². The number of unbranched alkanes of at least 4 members (excludes halogenated alkanes) is 3. The number of amides is 1. The minimum atomic E-state index is -0.461. The van der Waals surface area contributed by atoms with Crippen molar-refractivity contribution in [2.24, 2.45) is 0 Å². The Morgan fingerprint density at radius 2 is 1.74 bits per heavy atom. The third-order valence-electron chi connectivity index (χ3n) is 3.41. The van der Waals surface area contributed by atoms with Crippen molar-refractivity contribution in [1.29, 1.82) is 0 Å². The van der Waals surface area contributed by atoms with Crippen LogP contribution in [0.5, 0.6) is 0 Å². The quantitative estimate of drug-likeness (QED) is 0.567. The van der Waals surface area contributed by atoms with Crippen LogP contribution in [0.1, 0.15) is 45.1 Å². The molecule has 0 fully saturated rings. The number of carbonyl (C=O) groups is 1. The first-order chi connectivity index (χ1) is 9.09. The van der Waals surface area contributed by atoms with E-state index in [1.54, 1.807) is 0 Å². The van der Waals surface area contributed by atoms with E-state index in [0.29, 0.717) is 0 Å². The van der Waals surface area contributed by atoms with Gasteiger partial charge in [-0.2, -0.15) is 0 Å². The molecule has 2 nitrogen and oxygen atoms in total. The van der Waals surface area contributed by atoms with Crippen molar-refractivity contribution in [1.82, 2.24) is 5.32 Å². The summed E-state index contributed by atoms with van der Waals surface area (Å²) >= 11 is 3.42. The number of halogens is 1. The predicted octanol–water partition coefficient (Wildman–Crippen LogP) is 4.04. The van der Waals surface area contributed by atoms with Gasteiger partial charge in [0.15, 0.2) is 0 Å². The molecule has 106 valence electrons. The Labute approximate surface area is 125 Å². The summed E-state index contributed by atoms with van der Waals surface area (Å²) in [7, 11) is 0. The first-order valence-electron chi connectivity index (χ1n) is 6.99. The molecule has 0 aliphatic heterocycles. The molecule has 3 heteroatoms. The molecule has 0 aliphatic carbocycles. The van der Waals surface area contributed by atoms with Gasteiger partial charge in [-0.05, 0) is 32.3 Å². The third kappa shape index (κ3) is 5.35. The standard InChI is InChI=1S/C16H24BrNO/c1-16(2,14-10-6-5-7-11-14)15(19)18-13-9-4-3-8-12-17/h5-7,10-11H,3-4,8-9,12-13H2,1-2H3,(H,18,19). The van der Waals surface area contributed by atoms with Crippen molar-refractivity contribution < 1.29 is 4.79 Å². The Morgan fingerprint density at radius 1 is 1.11 bits per heavy atom. The average molecular weight is 326 g/mol. The lowest BCUT2D eigenvalue weighted by molar-refractivity contribution is -0.125. The number of hydrogen-bond donors (Lipinski definition) is 1. The van der Waals surface area contributed by atoms with E-state index in [2.05, 4.69) is 21.2 Å². The maximum atomic E-state index is 12.2. The molecule has 0 unspecified atom stereocenters. The molecule has 0 bridgehead atoms. The van der Waals surface area contributed by atoms with Crippen LogP contribution < -0.4 is 5.32 Å². The van der Waals surface area contributed by atoms with Crippen molar-refractivity contribution in [3.05, 3.63) is 35.9 Å². The normalized spacial score (nSPS) is 11.3. The van der Waals surface area contributed by atoms with Crippen molar-refractivity contribution in [2.75, 3.05) is 11.9 Å². The molecule has 0 atom stereocenters. The highest BCUT2D eigenvalue weighted by molar-refractivity contribution is 9.09. The fourth-order valence-corrected chi connectivity index (χ4v) is 2.38. The molecule has 1 aromatic carbocycles. The summed E-state index contributed by atoms with van der Waals surface area (Å²) in [6.07, 6.45) is 4.67. The fraction of sp³-hybridized carbons (Fsp3) is 0.562. The van der Waals surface area contributed by atoms with E-state index < -0.39 is 5.41 Å². The molecule has 19 heavy (non-hydrogen) atoms. The van der Waals surface area contributed by atoms with Crippen LogP contribution in [0.2, 0.25) is 0 Å². The monoisotopic (exact) mass is 325 g/mol. The summed E-state index contributed by atoms with van der Waals surface area (Å²) in [4.78, 5) is 12.2. The minimum absolute atomic E-state index is 0.110. The maximum Gasteiger partial charge on any atom is 0.230 e. The Kier molecular flexibility index (Phi) is 7.14. The maximum absolute atomic E-state index is 12.2. The first kappa shape index (κ1) is 16.2. The van der Waals surface area contributed by atoms with Crippen LogP contribution in [-0.4, -0.2) is 17.8 Å². The second-order valence-electron chi connectivity index (χ2n) is 5.35. The SMILES string of the molecule is CC(C)(C(=O)NCCCCCCBr)c1ccccc1. The Morgan fingerprint density at radius 3 is 2.37 bits per heavy atom. The largest absolute Gasteiger partial charge is 0.355 e. The van der Waals surface area contributed by atoms with E-state index in [-0.39, 0.29) is 5.91 Å². The number of alkyl halides is 1.